The van der Waals surface area contributed by atoms with Crippen LogP contribution in [0.2, 0.25) is 0 Å². The summed E-state index contributed by atoms with van der Waals surface area (Å²) in [5, 5.41) is 12.4. The molecule has 1 aliphatic heterocycles. The molecule has 1 fully saturated rings. The normalized spacial score (nSPS) is 18.6. The molecule has 1 aliphatic rings. The Kier molecular flexibility index (Phi) is 3.72. The molecule has 1 amide bonds. The van der Waals surface area contributed by atoms with E-state index in [0.29, 0.717) is 11.4 Å². The number of carbonyl (C=O) groups excluding carboxylic acids is 1. The zero-order chi connectivity index (χ0) is 13.9. The highest BCUT2D eigenvalue weighted by molar-refractivity contribution is 7.08. The van der Waals surface area contributed by atoms with Crippen LogP contribution in [0.15, 0.2) is 12.4 Å². The first kappa shape index (κ1) is 13.2. The molecule has 20 heavy (non-hydrogen) atoms. The minimum atomic E-state index is 0.0399. The first-order valence-electron chi connectivity index (χ1n) is 6.76. The van der Waals surface area contributed by atoms with Gasteiger partial charge in [-0.05, 0) is 24.4 Å². The Labute approximate surface area is 120 Å². The van der Waals surface area contributed by atoms with Crippen molar-refractivity contribution in [3.05, 3.63) is 23.0 Å². The van der Waals surface area contributed by atoms with Crippen molar-refractivity contribution in [3.8, 4) is 0 Å². The number of nitrogens with zero attached hydrogens (tertiary/aromatic N) is 6. The number of rotatable bonds is 4. The molecule has 0 N–H and O–H groups in total. The molecule has 7 nitrogen and oxygen atoms in total. The Balaban J connectivity index is 1.71. The van der Waals surface area contributed by atoms with Gasteiger partial charge >= 0.3 is 0 Å². The van der Waals surface area contributed by atoms with Crippen molar-refractivity contribution in [2.24, 2.45) is 0 Å². The number of hydrogen-bond acceptors (Lipinski definition) is 6. The van der Waals surface area contributed by atoms with E-state index in [2.05, 4.69) is 26.7 Å². The maximum Gasteiger partial charge on any atom is 0.267 e. The maximum absolute atomic E-state index is 12.5. The van der Waals surface area contributed by atoms with Gasteiger partial charge in [-0.15, -0.1) is 5.10 Å². The molecule has 2 aromatic heterocycles. The van der Waals surface area contributed by atoms with Gasteiger partial charge in [-0.1, -0.05) is 17.8 Å². The van der Waals surface area contributed by atoms with Gasteiger partial charge in [0.05, 0.1) is 24.1 Å². The monoisotopic (exact) mass is 292 g/mol. The Morgan fingerprint density at radius 1 is 1.45 bits per heavy atom. The smallest absolute Gasteiger partial charge is 0.267 e. The van der Waals surface area contributed by atoms with E-state index in [0.717, 1.165) is 31.5 Å². The van der Waals surface area contributed by atoms with E-state index < -0.39 is 0 Å². The second kappa shape index (κ2) is 5.66. The third-order valence-corrected chi connectivity index (χ3v) is 4.21. The summed E-state index contributed by atoms with van der Waals surface area (Å²) < 4.78 is 3.92. The zero-order valence-corrected chi connectivity index (χ0v) is 12.1. The van der Waals surface area contributed by atoms with Crippen molar-refractivity contribution in [1.82, 2.24) is 29.5 Å². The summed E-state index contributed by atoms with van der Waals surface area (Å²) in [7, 11) is 0. The molecule has 1 atom stereocenters. The molecule has 0 spiro atoms. The highest BCUT2D eigenvalue weighted by Crippen LogP contribution is 2.23. The number of aryl methyl sites for hydroxylation is 1. The molecule has 0 aliphatic carbocycles. The van der Waals surface area contributed by atoms with Gasteiger partial charge in [0.25, 0.3) is 5.91 Å². The van der Waals surface area contributed by atoms with E-state index in [1.165, 1.54) is 11.5 Å². The van der Waals surface area contributed by atoms with E-state index in [4.69, 9.17) is 0 Å². The molecule has 1 saturated heterocycles. The molecule has 0 saturated carbocycles. The lowest BCUT2D eigenvalue weighted by Gasteiger charge is -2.15. The van der Waals surface area contributed by atoms with Crippen LogP contribution < -0.4 is 0 Å². The Bertz CT molecular complexity index is 581. The number of aromatic nitrogens is 5. The van der Waals surface area contributed by atoms with Crippen LogP contribution in [0.4, 0.5) is 0 Å². The van der Waals surface area contributed by atoms with E-state index in [9.17, 15) is 4.79 Å². The van der Waals surface area contributed by atoms with Gasteiger partial charge in [-0.2, -0.15) is 15.0 Å². The lowest BCUT2D eigenvalue weighted by atomic mass is 10.2. The lowest BCUT2D eigenvalue weighted by molar-refractivity contribution is 0.0789. The van der Waals surface area contributed by atoms with Crippen molar-refractivity contribution in [3.63, 3.8) is 0 Å². The predicted octanol–water partition coefficient (Wildman–Crippen LogP) is 1.17. The summed E-state index contributed by atoms with van der Waals surface area (Å²) in [6.07, 6.45) is 5.98. The van der Waals surface area contributed by atoms with Crippen LogP contribution in [0.25, 0.3) is 0 Å². The number of likely N-dealkylation sites (tertiary alicyclic amines) is 1. The van der Waals surface area contributed by atoms with Crippen molar-refractivity contribution in [2.45, 2.75) is 32.2 Å². The highest BCUT2D eigenvalue weighted by atomic mass is 32.1. The molecule has 8 heteroatoms. The van der Waals surface area contributed by atoms with Crippen LogP contribution in [0.3, 0.4) is 0 Å². The van der Waals surface area contributed by atoms with Gasteiger partial charge in [0, 0.05) is 13.1 Å². The van der Waals surface area contributed by atoms with Gasteiger partial charge < -0.3 is 4.90 Å². The molecule has 0 aromatic carbocycles. The van der Waals surface area contributed by atoms with E-state index >= 15 is 0 Å². The van der Waals surface area contributed by atoms with Crippen LogP contribution in [0.1, 0.15) is 41.2 Å². The maximum atomic E-state index is 12.5. The minimum absolute atomic E-state index is 0.0399. The second-order valence-corrected chi connectivity index (χ2v) is 5.60. The topological polar surface area (TPSA) is 76.8 Å². The summed E-state index contributed by atoms with van der Waals surface area (Å²) in [4.78, 5) is 16.7. The lowest BCUT2D eigenvalue weighted by Crippen LogP contribution is -2.29. The quantitative estimate of drug-likeness (QED) is 0.845. The summed E-state index contributed by atoms with van der Waals surface area (Å²) in [6.45, 7) is 3.45. The minimum Gasteiger partial charge on any atom is -0.336 e. The van der Waals surface area contributed by atoms with Crippen LogP contribution in [-0.4, -0.2) is 48.5 Å². The molecule has 0 unspecified atom stereocenters. The van der Waals surface area contributed by atoms with Gasteiger partial charge in [0.15, 0.2) is 0 Å². The largest absolute Gasteiger partial charge is 0.336 e. The molecule has 106 valence electrons. The van der Waals surface area contributed by atoms with E-state index in [1.54, 1.807) is 17.2 Å². The zero-order valence-electron chi connectivity index (χ0n) is 11.3. The highest BCUT2D eigenvalue weighted by Gasteiger charge is 2.31. The summed E-state index contributed by atoms with van der Waals surface area (Å²) in [6, 6.07) is 0.171. The van der Waals surface area contributed by atoms with Gasteiger partial charge in [0.2, 0.25) is 0 Å². The molecule has 3 heterocycles. The SMILES string of the molecule is CCCc1nnsc1C(=O)N1CC[C@@H](n2nccn2)C1. The Hall–Kier alpha value is -1.83. The number of carbonyl (C=O) groups is 1. The molecular weight excluding hydrogens is 276 g/mol. The van der Waals surface area contributed by atoms with Crippen LogP contribution >= 0.6 is 11.5 Å². The second-order valence-electron chi connectivity index (χ2n) is 4.84. The van der Waals surface area contributed by atoms with Crippen molar-refractivity contribution in [2.75, 3.05) is 13.1 Å². The first-order chi connectivity index (χ1) is 9.79. The predicted molar refractivity (Wildman–Crippen MR) is 73.5 cm³/mol. The van der Waals surface area contributed by atoms with Crippen molar-refractivity contribution in [1.29, 1.82) is 0 Å². The Morgan fingerprint density at radius 2 is 2.25 bits per heavy atom. The van der Waals surface area contributed by atoms with Gasteiger partial charge in [-0.25, -0.2) is 0 Å². The summed E-state index contributed by atoms with van der Waals surface area (Å²) >= 11 is 1.19. The van der Waals surface area contributed by atoms with Gasteiger partial charge in [-0.3, -0.25) is 4.79 Å². The summed E-state index contributed by atoms with van der Waals surface area (Å²) in [5.74, 6) is 0.0399. The van der Waals surface area contributed by atoms with Crippen molar-refractivity contribution >= 4 is 17.4 Å². The molecular formula is C12H16N6OS. The van der Waals surface area contributed by atoms with Crippen LogP contribution in [0, 0.1) is 0 Å². The fourth-order valence-corrected chi connectivity index (χ4v) is 3.12. The van der Waals surface area contributed by atoms with Crippen LogP contribution in [0.5, 0.6) is 0 Å². The van der Waals surface area contributed by atoms with E-state index in [1.807, 2.05) is 4.90 Å². The molecule has 2 aromatic rings. The van der Waals surface area contributed by atoms with Gasteiger partial charge in [0.1, 0.15) is 4.88 Å². The summed E-state index contributed by atoms with van der Waals surface area (Å²) in [5.41, 5.74) is 0.822. The van der Waals surface area contributed by atoms with E-state index in [-0.39, 0.29) is 11.9 Å². The molecule has 0 bridgehead atoms. The number of amides is 1. The third kappa shape index (κ3) is 2.43. The fourth-order valence-electron chi connectivity index (χ4n) is 2.44. The standard InChI is InChI=1S/C12H16N6OS/c1-2-3-10-11(20-16-15-10)12(19)17-7-4-9(8-17)18-13-5-6-14-18/h5-6,9H,2-4,7-8H2,1H3/t9-/m1/s1. The molecule has 3 rings (SSSR count). The third-order valence-electron chi connectivity index (χ3n) is 3.45. The molecule has 0 radical (unpaired) electrons. The average molecular weight is 292 g/mol. The van der Waals surface area contributed by atoms with Crippen LogP contribution in [-0.2, 0) is 6.42 Å². The first-order valence-corrected chi connectivity index (χ1v) is 7.53. The number of hydrogen-bond donors (Lipinski definition) is 0. The van der Waals surface area contributed by atoms with Crippen molar-refractivity contribution < 1.29 is 4.79 Å². The average Bonchev–Trinajstić information content (AvgIpc) is 3.19. The Morgan fingerprint density at radius 3 is 3.00 bits per heavy atom. The fraction of sp³-hybridized carbons (Fsp3) is 0.583.